The number of piperidine rings is 1. The fraction of sp³-hybridized carbons (Fsp3) is 0.600. The number of benzene rings is 1. The summed E-state index contributed by atoms with van der Waals surface area (Å²) < 4.78 is 10.8. The first-order chi connectivity index (χ1) is 9.28. The van der Waals surface area contributed by atoms with Gasteiger partial charge in [-0.2, -0.15) is 0 Å². The molecule has 0 spiro atoms. The minimum Gasteiger partial charge on any atom is -0.454 e. The normalized spacial score (nSPS) is 21.6. The van der Waals surface area contributed by atoms with Crippen molar-refractivity contribution in [1.82, 2.24) is 4.90 Å². The molecule has 0 aromatic heterocycles. The molecule has 104 valence electrons. The van der Waals surface area contributed by atoms with E-state index in [4.69, 9.17) is 15.2 Å². The van der Waals surface area contributed by atoms with Gasteiger partial charge in [0, 0.05) is 6.04 Å². The predicted molar refractivity (Wildman–Crippen MR) is 74.3 cm³/mol. The lowest BCUT2D eigenvalue weighted by molar-refractivity contribution is 0.143. The summed E-state index contributed by atoms with van der Waals surface area (Å²) in [6.07, 6.45) is 2.43. The van der Waals surface area contributed by atoms with Crippen LogP contribution in [-0.2, 0) is 0 Å². The van der Waals surface area contributed by atoms with E-state index in [1.807, 2.05) is 6.07 Å². The summed E-state index contributed by atoms with van der Waals surface area (Å²) in [6, 6.07) is 6.70. The number of nitrogens with two attached hydrogens (primary N) is 1. The number of nitrogens with zero attached hydrogens (tertiary/aromatic N) is 1. The van der Waals surface area contributed by atoms with E-state index in [1.54, 1.807) is 0 Å². The molecule has 2 aliphatic rings. The molecule has 1 saturated heterocycles. The van der Waals surface area contributed by atoms with E-state index in [9.17, 15) is 0 Å². The van der Waals surface area contributed by atoms with Crippen molar-refractivity contribution in [2.75, 3.05) is 26.4 Å². The summed E-state index contributed by atoms with van der Waals surface area (Å²) in [7, 11) is 0. The fourth-order valence-corrected chi connectivity index (χ4v) is 2.96. The van der Waals surface area contributed by atoms with Crippen molar-refractivity contribution in [2.24, 2.45) is 11.7 Å². The van der Waals surface area contributed by atoms with Gasteiger partial charge in [-0.1, -0.05) is 6.07 Å². The second-order valence-corrected chi connectivity index (χ2v) is 5.50. The van der Waals surface area contributed by atoms with E-state index in [2.05, 4.69) is 24.0 Å². The first-order valence-corrected chi connectivity index (χ1v) is 7.11. The highest BCUT2D eigenvalue weighted by atomic mass is 16.7. The van der Waals surface area contributed by atoms with Crippen LogP contribution in [0.5, 0.6) is 11.5 Å². The Morgan fingerprint density at radius 2 is 2.00 bits per heavy atom. The summed E-state index contributed by atoms with van der Waals surface area (Å²) in [5, 5.41) is 0. The lowest BCUT2D eigenvalue weighted by Gasteiger charge is -2.35. The van der Waals surface area contributed by atoms with E-state index in [1.165, 1.54) is 18.4 Å². The first kappa shape index (κ1) is 12.8. The van der Waals surface area contributed by atoms with E-state index >= 15 is 0 Å². The zero-order valence-electron chi connectivity index (χ0n) is 11.5. The van der Waals surface area contributed by atoms with Crippen LogP contribution in [0.3, 0.4) is 0 Å². The number of rotatable bonds is 3. The first-order valence-electron chi connectivity index (χ1n) is 7.11. The van der Waals surface area contributed by atoms with Crippen molar-refractivity contribution in [3.05, 3.63) is 23.8 Å². The molecular formula is C15H22N2O2. The van der Waals surface area contributed by atoms with Crippen LogP contribution < -0.4 is 15.2 Å². The second-order valence-electron chi connectivity index (χ2n) is 5.50. The summed E-state index contributed by atoms with van der Waals surface area (Å²) in [4.78, 5) is 2.53. The average molecular weight is 262 g/mol. The van der Waals surface area contributed by atoms with Gasteiger partial charge in [0.05, 0.1) is 0 Å². The summed E-state index contributed by atoms with van der Waals surface area (Å²) >= 11 is 0. The Kier molecular flexibility index (Phi) is 3.62. The molecule has 1 fully saturated rings. The van der Waals surface area contributed by atoms with Gasteiger partial charge in [-0.3, -0.25) is 4.90 Å². The third-order valence-corrected chi connectivity index (χ3v) is 4.41. The lowest BCUT2D eigenvalue weighted by Crippen LogP contribution is -2.37. The summed E-state index contributed by atoms with van der Waals surface area (Å²) in [5.74, 6) is 2.44. The van der Waals surface area contributed by atoms with Crippen LogP contribution in [0.4, 0.5) is 0 Å². The maximum Gasteiger partial charge on any atom is 0.231 e. The zero-order valence-corrected chi connectivity index (χ0v) is 11.5. The molecule has 19 heavy (non-hydrogen) atoms. The van der Waals surface area contributed by atoms with E-state index in [-0.39, 0.29) is 0 Å². The van der Waals surface area contributed by atoms with Crippen molar-refractivity contribution < 1.29 is 9.47 Å². The van der Waals surface area contributed by atoms with Gasteiger partial charge in [-0.25, -0.2) is 0 Å². The average Bonchev–Trinajstić information content (AvgIpc) is 2.94. The predicted octanol–water partition coefficient (Wildman–Crippen LogP) is 2.15. The molecule has 1 atom stereocenters. The van der Waals surface area contributed by atoms with Crippen LogP contribution >= 0.6 is 0 Å². The Labute approximate surface area is 114 Å². The molecule has 1 unspecified atom stereocenters. The molecule has 2 heterocycles. The SMILES string of the molecule is CC(c1ccc2c(c1)OCO2)N1CCC(CN)CC1. The standard InChI is InChI=1S/C15H22N2O2/c1-11(17-6-4-12(9-16)5-7-17)13-2-3-14-15(8-13)19-10-18-14/h2-3,8,11-12H,4-7,9-10,16H2,1H3. The molecule has 1 aromatic carbocycles. The van der Waals surface area contributed by atoms with Gasteiger partial charge in [-0.05, 0) is 63.0 Å². The molecule has 4 heteroatoms. The molecule has 0 saturated carbocycles. The fourth-order valence-electron chi connectivity index (χ4n) is 2.96. The van der Waals surface area contributed by atoms with Gasteiger partial charge < -0.3 is 15.2 Å². The quantitative estimate of drug-likeness (QED) is 0.906. The number of likely N-dealkylation sites (tertiary alicyclic amines) is 1. The summed E-state index contributed by atoms with van der Waals surface area (Å²) in [5.41, 5.74) is 7.05. The van der Waals surface area contributed by atoms with E-state index < -0.39 is 0 Å². The van der Waals surface area contributed by atoms with Crippen LogP contribution in [0.15, 0.2) is 18.2 Å². The van der Waals surface area contributed by atoms with Crippen molar-refractivity contribution >= 4 is 0 Å². The van der Waals surface area contributed by atoms with Crippen LogP contribution in [0.1, 0.15) is 31.4 Å². The highest BCUT2D eigenvalue weighted by Crippen LogP contribution is 2.36. The molecule has 1 aromatic rings. The van der Waals surface area contributed by atoms with Gasteiger partial charge in [-0.15, -0.1) is 0 Å². The number of fused-ring (bicyclic) bond motifs is 1. The molecule has 0 bridgehead atoms. The van der Waals surface area contributed by atoms with Crippen molar-refractivity contribution in [3.8, 4) is 11.5 Å². The van der Waals surface area contributed by atoms with Crippen LogP contribution in [0, 0.1) is 5.92 Å². The molecule has 3 rings (SSSR count). The van der Waals surface area contributed by atoms with E-state index in [0.717, 1.165) is 31.1 Å². The number of hydrogen-bond acceptors (Lipinski definition) is 4. The Morgan fingerprint density at radius 1 is 1.26 bits per heavy atom. The monoisotopic (exact) mass is 262 g/mol. The second kappa shape index (κ2) is 5.39. The summed E-state index contributed by atoms with van der Waals surface area (Å²) in [6.45, 7) is 5.70. The third-order valence-electron chi connectivity index (χ3n) is 4.41. The molecule has 4 nitrogen and oxygen atoms in total. The Hall–Kier alpha value is -1.26. The maximum absolute atomic E-state index is 5.75. The van der Waals surface area contributed by atoms with Crippen molar-refractivity contribution in [2.45, 2.75) is 25.8 Å². The van der Waals surface area contributed by atoms with Gasteiger partial charge >= 0.3 is 0 Å². The zero-order chi connectivity index (χ0) is 13.2. The highest BCUT2D eigenvalue weighted by Gasteiger charge is 2.24. The van der Waals surface area contributed by atoms with Gasteiger partial charge in [0.1, 0.15) is 0 Å². The van der Waals surface area contributed by atoms with Crippen molar-refractivity contribution in [1.29, 1.82) is 0 Å². The number of ether oxygens (including phenoxy) is 2. The van der Waals surface area contributed by atoms with E-state index in [0.29, 0.717) is 18.8 Å². The number of hydrogen-bond donors (Lipinski definition) is 1. The molecule has 0 amide bonds. The van der Waals surface area contributed by atoms with Gasteiger partial charge in [0.2, 0.25) is 6.79 Å². The topological polar surface area (TPSA) is 47.7 Å². The molecule has 2 aliphatic heterocycles. The van der Waals surface area contributed by atoms with Gasteiger partial charge in [0.25, 0.3) is 0 Å². The molecule has 2 N–H and O–H groups in total. The van der Waals surface area contributed by atoms with Crippen LogP contribution in [0.25, 0.3) is 0 Å². The maximum atomic E-state index is 5.75. The van der Waals surface area contributed by atoms with Crippen LogP contribution in [-0.4, -0.2) is 31.3 Å². The third kappa shape index (κ3) is 2.55. The van der Waals surface area contributed by atoms with Crippen molar-refractivity contribution in [3.63, 3.8) is 0 Å². The molecule has 0 radical (unpaired) electrons. The highest BCUT2D eigenvalue weighted by molar-refractivity contribution is 5.45. The Bertz CT molecular complexity index is 442. The van der Waals surface area contributed by atoms with Gasteiger partial charge in [0.15, 0.2) is 11.5 Å². The lowest BCUT2D eigenvalue weighted by atomic mass is 9.95. The Morgan fingerprint density at radius 3 is 2.74 bits per heavy atom. The minimum atomic E-state index is 0.342. The molecular weight excluding hydrogens is 240 g/mol. The largest absolute Gasteiger partial charge is 0.454 e. The minimum absolute atomic E-state index is 0.342. The molecule has 0 aliphatic carbocycles. The smallest absolute Gasteiger partial charge is 0.231 e. The van der Waals surface area contributed by atoms with Crippen LogP contribution in [0.2, 0.25) is 0 Å². The Balaban J connectivity index is 1.68.